The van der Waals surface area contributed by atoms with Crippen molar-refractivity contribution in [2.24, 2.45) is 0 Å². The lowest BCUT2D eigenvalue weighted by molar-refractivity contribution is -0.147. The average Bonchev–Trinajstić information content (AvgIpc) is 2.32. The third-order valence-electron chi connectivity index (χ3n) is 3.60. The molecule has 0 aromatic heterocycles. The molecule has 3 atom stereocenters. The number of amides is 1. The number of rotatable bonds is 4. The molecular formula is C15H28N2O5. The number of piperazine rings is 1. The van der Waals surface area contributed by atoms with Crippen LogP contribution in [0.4, 0.5) is 4.79 Å². The van der Waals surface area contributed by atoms with Crippen molar-refractivity contribution in [3.05, 3.63) is 0 Å². The maximum atomic E-state index is 12.3. The van der Waals surface area contributed by atoms with Crippen LogP contribution in [0.15, 0.2) is 0 Å². The summed E-state index contributed by atoms with van der Waals surface area (Å²) >= 11 is 0. The Morgan fingerprint density at radius 2 is 1.73 bits per heavy atom. The number of methoxy groups -OCH3 is 1. The lowest BCUT2D eigenvalue weighted by atomic mass is 10.1. The summed E-state index contributed by atoms with van der Waals surface area (Å²) in [4.78, 5) is 27.2. The Balaban J connectivity index is 2.79. The quantitative estimate of drug-likeness (QED) is 0.845. The fourth-order valence-electron chi connectivity index (χ4n) is 2.78. The first-order chi connectivity index (χ1) is 10.1. The normalized spacial score (nSPS) is 24.9. The number of carboxylic acids is 1. The molecule has 0 saturated carbocycles. The zero-order valence-electron chi connectivity index (χ0n) is 14.3. The molecule has 1 aliphatic heterocycles. The smallest absolute Gasteiger partial charge is 0.410 e. The van der Waals surface area contributed by atoms with Crippen LogP contribution in [-0.2, 0) is 14.3 Å². The molecule has 0 aromatic rings. The zero-order valence-corrected chi connectivity index (χ0v) is 14.3. The van der Waals surface area contributed by atoms with Crippen molar-refractivity contribution in [3.8, 4) is 0 Å². The topological polar surface area (TPSA) is 79.3 Å². The van der Waals surface area contributed by atoms with Gasteiger partial charge in [0, 0.05) is 32.3 Å². The highest BCUT2D eigenvalue weighted by atomic mass is 16.6. The summed E-state index contributed by atoms with van der Waals surface area (Å²) in [7, 11) is 1.49. The van der Waals surface area contributed by atoms with E-state index in [1.165, 1.54) is 7.11 Å². The fourth-order valence-corrected chi connectivity index (χ4v) is 2.78. The van der Waals surface area contributed by atoms with Crippen LogP contribution in [0.5, 0.6) is 0 Å². The summed E-state index contributed by atoms with van der Waals surface area (Å²) < 4.78 is 10.4. The van der Waals surface area contributed by atoms with Crippen LogP contribution >= 0.6 is 0 Å². The van der Waals surface area contributed by atoms with Gasteiger partial charge >= 0.3 is 12.1 Å². The van der Waals surface area contributed by atoms with Gasteiger partial charge in [-0.3, -0.25) is 9.69 Å². The number of ether oxygens (including phenoxy) is 2. The lowest BCUT2D eigenvalue weighted by Crippen LogP contribution is -2.62. The molecule has 1 N–H and O–H groups in total. The third kappa shape index (κ3) is 4.84. The fraction of sp³-hybridized carbons (Fsp3) is 0.867. The van der Waals surface area contributed by atoms with Crippen LogP contribution in [-0.4, -0.2) is 77.5 Å². The number of aliphatic carboxylic acids is 1. The molecule has 0 bridgehead atoms. The van der Waals surface area contributed by atoms with Crippen molar-refractivity contribution in [1.29, 1.82) is 0 Å². The first kappa shape index (κ1) is 18.7. The van der Waals surface area contributed by atoms with Crippen LogP contribution in [0.3, 0.4) is 0 Å². The third-order valence-corrected chi connectivity index (χ3v) is 3.60. The molecule has 1 rings (SSSR count). The number of carboxylic acid groups (broad SMARTS) is 1. The number of hydrogen-bond acceptors (Lipinski definition) is 5. The molecule has 1 fully saturated rings. The Bertz CT molecular complexity index is 395. The second kappa shape index (κ2) is 7.28. The minimum Gasteiger partial charge on any atom is -0.480 e. The van der Waals surface area contributed by atoms with Gasteiger partial charge in [-0.1, -0.05) is 0 Å². The summed E-state index contributed by atoms with van der Waals surface area (Å²) in [6.07, 6.45) is -0.356. The number of carbonyl (C=O) groups excluding carboxylic acids is 1. The van der Waals surface area contributed by atoms with Gasteiger partial charge in [-0.05, 0) is 34.6 Å². The Morgan fingerprint density at radius 1 is 1.23 bits per heavy atom. The predicted octanol–water partition coefficient (Wildman–Crippen LogP) is 1.42. The molecule has 0 radical (unpaired) electrons. The largest absolute Gasteiger partial charge is 0.480 e. The van der Waals surface area contributed by atoms with Gasteiger partial charge in [0.2, 0.25) is 0 Å². The summed E-state index contributed by atoms with van der Waals surface area (Å²) in [5, 5.41) is 9.33. The molecule has 1 aliphatic rings. The van der Waals surface area contributed by atoms with Gasteiger partial charge in [0.25, 0.3) is 0 Å². The highest BCUT2D eigenvalue weighted by molar-refractivity contribution is 5.74. The van der Waals surface area contributed by atoms with E-state index < -0.39 is 17.6 Å². The summed E-state index contributed by atoms with van der Waals surface area (Å²) in [5.74, 6) is -0.910. The van der Waals surface area contributed by atoms with E-state index in [1.807, 2.05) is 39.5 Å². The molecule has 7 heteroatoms. The predicted molar refractivity (Wildman–Crippen MR) is 81.9 cm³/mol. The van der Waals surface area contributed by atoms with Crippen LogP contribution in [0.25, 0.3) is 0 Å². The second-order valence-corrected chi connectivity index (χ2v) is 6.85. The van der Waals surface area contributed by atoms with Crippen molar-refractivity contribution >= 4 is 12.1 Å². The van der Waals surface area contributed by atoms with Gasteiger partial charge in [-0.2, -0.15) is 0 Å². The van der Waals surface area contributed by atoms with Crippen LogP contribution < -0.4 is 0 Å². The van der Waals surface area contributed by atoms with E-state index in [4.69, 9.17) is 9.47 Å². The summed E-state index contributed by atoms with van der Waals surface area (Å²) in [5.41, 5.74) is -0.548. The molecule has 128 valence electrons. The maximum absolute atomic E-state index is 12.3. The molecule has 1 saturated heterocycles. The van der Waals surface area contributed by atoms with Crippen molar-refractivity contribution in [3.63, 3.8) is 0 Å². The minimum atomic E-state index is -0.910. The van der Waals surface area contributed by atoms with Crippen LogP contribution in [0, 0.1) is 0 Å². The zero-order chi connectivity index (χ0) is 17.1. The second-order valence-electron chi connectivity index (χ2n) is 6.85. The molecule has 1 unspecified atom stereocenters. The molecule has 0 spiro atoms. The van der Waals surface area contributed by atoms with Crippen molar-refractivity contribution in [1.82, 2.24) is 9.80 Å². The number of hydrogen-bond donors (Lipinski definition) is 1. The van der Waals surface area contributed by atoms with E-state index in [-0.39, 0.29) is 24.8 Å². The van der Waals surface area contributed by atoms with E-state index in [9.17, 15) is 14.7 Å². The average molecular weight is 316 g/mol. The molecule has 0 aliphatic carbocycles. The van der Waals surface area contributed by atoms with E-state index in [0.717, 1.165) is 0 Å². The van der Waals surface area contributed by atoms with E-state index in [1.54, 1.807) is 4.90 Å². The SMILES string of the molecule is COCC(C(=O)O)N1C[C@@H](C)N(C(=O)OC(C)(C)C)[C@H](C)C1. The molecule has 22 heavy (non-hydrogen) atoms. The van der Waals surface area contributed by atoms with Crippen molar-refractivity contribution < 1.29 is 24.2 Å². The Hall–Kier alpha value is -1.34. The Kier molecular flexibility index (Phi) is 6.19. The maximum Gasteiger partial charge on any atom is 0.410 e. The first-order valence-corrected chi connectivity index (χ1v) is 7.54. The van der Waals surface area contributed by atoms with Crippen LogP contribution in [0.1, 0.15) is 34.6 Å². The summed E-state index contributed by atoms with van der Waals surface area (Å²) in [6, 6.07) is -0.953. The van der Waals surface area contributed by atoms with Gasteiger partial charge < -0.3 is 19.5 Å². The minimum absolute atomic E-state index is 0.126. The van der Waals surface area contributed by atoms with E-state index in [2.05, 4.69) is 0 Å². The Labute approximate surface area is 132 Å². The molecular weight excluding hydrogens is 288 g/mol. The van der Waals surface area contributed by atoms with Gasteiger partial charge in [-0.15, -0.1) is 0 Å². The standard InChI is InChI=1S/C15H28N2O5/c1-10-7-16(12(9-21-6)13(18)19)8-11(2)17(10)14(20)22-15(3,4)5/h10-12H,7-9H2,1-6H3,(H,18,19)/t10-,11-,12?/m1/s1. The summed E-state index contributed by atoms with van der Waals surface area (Å²) in [6.45, 7) is 10.4. The highest BCUT2D eigenvalue weighted by Crippen LogP contribution is 2.21. The Morgan fingerprint density at radius 3 is 2.09 bits per heavy atom. The monoisotopic (exact) mass is 316 g/mol. The van der Waals surface area contributed by atoms with Gasteiger partial charge in [0.15, 0.2) is 0 Å². The van der Waals surface area contributed by atoms with E-state index >= 15 is 0 Å². The van der Waals surface area contributed by atoms with Crippen molar-refractivity contribution in [2.75, 3.05) is 26.8 Å². The molecule has 7 nitrogen and oxygen atoms in total. The molecule has 1 amide bonds. The number of nitrogens with zero attached hydrogens (tertiary/aromatic N) is 2. The highest BCUT2D eigenvalue weighted by Gasteiger charge is 2.39. The van der Waals surface area contributed by atoms with Gasteiger partial charge in [-0.25, -0.2) is 4.79 Å². The molecule has 0 aromatic carbocycles. The van der Waals surface area contributed by atoms with Crippen molar-refractivity contribution in [2.45, 2.75) is 58.3 Å². The van der Waals surface area contributed by atoms with Gasteiger partial charge in [0.1, 0.15) is 11.6 Å². The lowest BCUT2D eigenvalue weighted by Gasteiger charge is -2.45. The van der Waals surface area contributed by atoms with E-state index in [0.29, 0.717) is 13.1 Å². The van der Waals surface area contributed by atoms with Gasteiger partial charge in [0.05, 0.1) is 6.61 Å². The number of carbonyl (C=O) groups is 2. The first-order valence-electron chi connectivity index (χ1n) is 7.54. The van der Waals surface area contributed by atoms with Crippen LogP contribution in [0.2, 0.25) is 0 Å². The molecule has 1 heterocycles.